The number of amides is 4. The van der Waals surface area contributed by atoms with Crippen LogP contribution in [-0.2, 0) is 21.3 Å². The molecule has 6 nitrogen and oxygen atoms in total. The molecule has 9 heteroatoms. The molecule has 0 bridgehead atoms. The SMILES string of the molecule is CCC[C@]1(c2ccccc2)NC(=O)N(CC(=O)Nc2ccccc2C(F)(F)F)C1=O. The molecule has 2 aromatic carbocycles. The molecular weight excluding hydrogens is 399 g/mol. The average molecular weight is 419 g/mol. The Balaban J connectivity index is 1.82. The molecular formula is C21H20F3N3O3. The molecule has 0 aromatic heterocycles. The number of benzene rings is 2. The number of nitrogens with zero attached hydrogens (tertiary/aromatic N) is 1. The molecule has 1 aliphatic rings. The first-order chi connectivity index (χ1) is 14.2. The summed E-state index contributed by atoms with van der Waals surface area (Å²) in [7, 11) is 0. The Bertz CT molecular complexity index is 963. The molecule has 158 valence electrons. The van der Waals surface area contributed by atoms with Crippen molar-refractivity contribution < 1.29 is 27.6 Å². The fraction of sp³-hybridized carbons (Fsp3) is 0.286. The molecule has 0 spiro atoms. The number of hydrogen-bond donors (Lipinski definition) is 2. The maximum Gasteiger partial charge on any atom is 0.418 e. The van der Waals surface area contributed by atoms with E-state index in [0.29, 0.717) is 18.4 Å². The predicted molar refractivity (Wildman–Crippen MR) is 103 cm³/mol. The topological polar surface area (TPSA) is 78.5 Å². The van der Waals surface area contributed by atoms with Crippen molar-refractivity contribution in [1.29, 1.82) is 0 Å². The van der Waals surface area contributed by atoms with E-state index in [9.17, 15) is 27.6 Å². The zero-order chi connectivity index (χ0) is 21.9. The summed E-state index contributed by atoms with van der Waals surface area (Å²) >= 11 is 0. The first-order valence-electron chi connectivity index (χ1n) is 9.35. The lowest BCUT2D eigenvalue weighted by Gasteiger charge is -2.26. The Morgan fingerprint density at radius 2 is 1.70 bits per heavy atom. The molecule has 0 saturated carbocycles. The molecule has 0 unspecified atom stereocenters. The second-order valence-corrected chi connectivity index (χ2v) is 6.93. The zero-order valence-corrected chi connectivity index (χ0v) is 16.1. The highest BCUT2D eigenvalue weighted by molar-refractivity contribution is 6.10. The lowest BCUT2D eigenvalue weighted by atomic mass is 9.85. The number of nitrogens with one attached hydrogen (secondary N) is 2. The Labute approximate surface area is 171 Å². The number of halogens is 3. The molecule has 1 heterocycles. The number of imide groups is 1. The normalized spacial score (nSPS) is 19.0. The number of carbonyl (C=O) groups excluding carboxylic acids is 3. The van der Waals surface area contributed by atoms with Crippen LogP contribution in [0.2, 0.25) is 0 Å². The van der Waals surface area contributed by atoms with E-state index in [1.807, 2.05) is 6.92 Å². The van der Waals surface area contributed by atoms with Crippen LogP contribution in [0.25, 0.3) is 0 Å². The van der Waals surface area contributed by atoms with Crippen LogP contribution in [0.1, 0.15) is 30.9 Å². The van der Waals surface area contributed by atoms with Gasteiger partial charge in [0.25, 0.3) is 5.91 Å². The quantitative estimate of drug-likeness (QED) is 0.698. The third kappa shape index (κ3) is 4.00. The summed E-state index contributed by atoms with van der Waals surface area (Å²) in [6.45, 7) is 1.16. The Morgan fingerprint density at radius 1 is 1.07 bits per heavy atom. The van der Waals surface area contributed by atoms with Gasteiger partial charge in [-0.25, -0.2) is 4.79 Å². The fourth-order valence-corrected chi connectivity index (χ4v) is 3.55. The van der Waals surface area contributed by atoms with E-state index in [2.05, 4.69) is 10.6 Å². The van der Waals surface area contributed by atoms with Gasteiger partial charge in [-0.1, -0.05) is 55.8 Å². The van der Waals surface area contributed by atoms with Crippen LogP contribution in [0, 0.1) is 0 Å². The summed E-state index contributed by atoms with van der Waals surface area (Å²) < 4.78 is 39.4. The first-order valence-corrected chi connectivity index (χ1v) is 9.35. The molecule has 30 heavy (non-hydrogen) atoms. The van der Waals surface area contributed by atoms with E-state index >= 15 is 0 Å². The van der Waals surface area contributed by atoms with Crippen LogP contribution < -0.4 is 10.6 Å². The highest BCUT2D eigenvalue weighted by Gasteiger charge is 2.52. The van der Waals surface area contributed by atoms with Gasteiger partial charge in [0.05, 0.1) is 11.3 Å². The summed E-state index contributed by atoms with van der Waals surface area (Å²) in [5.74, 6) is -1.52. The maximum absolute atomic E-state index is 13.1. The second-order valence-electron chi connectivity index (χ2n) is 6.93. The second kappa shape index (κ2) is 8.17. The van der Waals surface area contributed by atoms with Gasteiger partial charge in [0.2, 0.25) is 5.91 Å². The highest BCUT2D eigenvalue weighted by Crippen LogP contribution is 2.35. The summed E-state index contributed by atoms with van der Waals surface area (Å²) in [4.78, 5) is 38.7. The third-order valence-corrected chi connectivity index (χ3v) is 4.88. The zero-order valence-electron chi connectivity index (χ0n) is 16.1. The average Bonchev–Trinajstić information content (AvgIpc) is 2.93. The number of alkyl halides is 3. The molecule has 2 aromatic rings. The van der Waals surface area contributed by atoms with Gasteiger partial charge >= 0.3 is 12.2 Å². The molecule has 3 rings (SSSR count). The molecule has 1 aliphatic heterocycles. The van der Waals surface area contributed by atoms with Gasteiger partial charge in [-0.05, 0) is 24.1 Å². The van der Waals surface area contributed by atoms with Crippen LogP contribution in [0.15, 0.2) is 54.6 Å². The summed E-state index contributed by atoms with van der Waals surface area (Å²) in [5, 5.41) is 4.82. The van der Waals surface area contributed by atoms with E-state index in [1.54, 1.807) is 30.3 Å². The largest absolute Gasteiger partial charge is 0.418 e. The molecule has 0 aliphatic carbocycles. The van der Waals surface area contributed by atoms with Crippen molar-refractivity contribution in [3.05, 3.63) is 65.7 Å². The first kappa shape index (κ1) is 21.4. The van der Waals surface area contributed by atoms with Crippen LogP contribution in [0.4, 0.5) is 23.7 Å². The van der Waals surface area contributed by atoms with Gasteiger partial charge in [-0.3, -0.25) is 14.5 Å². The van der Waals surface area contributed by atoms with Crippen LogP contribution >= 0.6 is 0 Å². The lowest BCUT2D eigenvalue weighted by molar-refractivity contribution is -0.137. The van der Waals surface area contributed by atoms with Crippen molar-refractivity contribution in [3.63, 3.8) is 0 Å². The lowest BCUT2D eigenvalue weighted by Crippen LogP contribution is -2.44. The molecule has 0 radical (unpaired) electrons. The van der Waals surface area contributed by atoms with Gasteiger partial charge in [0.1, 0.15) is 12.1 Å². The van der Waals surface area contributed by atoms with Crippen molar-refractivity contribution in [1.82, 2.24) is 10.2 Å². The summed E-state index contributed by atoms with van der Waals surface area (Å²) in [6.07, 6.45) is -3.76. The minimum absolute atomic E-state index is 0.316. The Kier molecular flexibility index (Phi) is 5.82. The van der Waals surface area contributed by atoms with Gasteiger partial charge in [-0.15, -0.1) is 0 Å². The van der Waals surface area contributed by atoms with Crippen molar-refractivity contribution in [2.45, 2.75) is 31.5 Å². The minimum atomic E-state index is -4.66. The van der Waals surface area contributed by atoms with E-state index < -0.39 is 47.4 Å². The van der Waals surface area contributed by atoms with Gasteiger partial charge < -0.3 is 10.6 Å². The fourth-order valence-electron chi connectivity index (χ4n) is 3.55. The number of rotatable bonds is 6. The van der Waals surface area contributed by atoms with Crippen LogP contribution in [-0.4, -0.2) is 29.3 Å². The van der Waals surface area contributed by atoms with Crippen LogP contribution in [0.5, 0.6) is 0 Å². The predicted octanol–water partition coefficient (Wildman–Crippen LogP) is 3.89. The van der Waals surface area contributed by atoms with Gasteiger partial charge in [0.15, 0.2) is 0 Å². The van der Waals surface area contributed by atoms with E-state index in [4.69, 9.17) is 0 Å². The van der Waals surface area contributed by atoms with E-state index in [1.165, 1.54) is 12.1 Å². The number of para-hydroxylation sites is 1. The number of anilines is 1. The molecule has 2 N–H and O–H groups in total. The smallest absolute Gasteiger partial charge is 0.324 e. The van der Waals surface area contributed by atoms with Crippen molar-refractivity contribution in [2.75, 3.05) is 11.9 Å². The van der Waals surface area contributed by atoms with Crippen LogP contribution in [0.3, 0.4) is 0 Å². The summed E-state index contributed by atoms with van der Waals surface area (Å²) in [6, 6.07) is 12.4. The molecule has 1 saturated heterocycles. The number of hydrogen-bond acceptors (Lipinski definition) is 3. The molecule has 1 atom stereocenters. The summed E-state index contributed by atoms with van der Waals surface area (Å²) in [5.41, 5.74) is -2.18. The number of carbonyl (C=O) groups is 3. The number of urea groups is 1. The highest BCUT2D eigenvalue weighted by atomic mass is 19.4. The van der Waals surface area contributed by atoms with Crippen molar-refractivity contribution in [3.8, 4) is 0 Å². The molecule has 4 amide bonds. The van der Waals surface area contributed by atoms with Gasteiger partial charge in [0, 0.05) is 0 Å². The van der Waals surface area contributed by atoms with Crippen molar-refractivity contribution >= 4 is 23.5 Å². The Morgan fingerprint density at radius 3 is 2.33 bits per heavy atom. The van der Waals surface area contributed by atoms with E-state index in [-0.39, 0.29) is 0 Å². The van der Waals surface area contributed by atoms with Gasteiger partial charge in [-0.2, -0.15) is 13.2 Å². The van der Waals surface area contributed by atoms with Crippen molar-refractivity contribution in [2.24, 2.45) is 0 Å². The van der Waals surface area contributed by atoms with E-state index in [0.717, 1.165) is 17.0 Å². The molecule has 1 fully saturated rings. The monoisotopic (exact) mass is 419 g/mol. The minimum Gasteiger partial charge on any atom is -0.324 e. The standard InChI is InChI=1S/C21H20F3N3O3/c1-2-12-20(14-8-4-3-5-9-14)18(29)27(19(30)26-20)13-17(28)25-16-11-7-6-10-15(16)21(22,23)24/h3-11H,2,12-13H2,1H3,(H,25,28)(H,26,30)/t20-/m1/s1. The Hall–Kier alpha value is -3.36. The third-order valence-electron chi connectivity index (χ3n) is 4.88. The maximum atomic E-state index is 13.1.